The van der Waals surface area contributed by atoms with E-state index in [4.69, 9.17) is 0 Å². The zero-order valence-electron chi connectivity index (χ0n) is 25.4. The molecule has 0 unspecified atom stereocenters. The Hall–Kier alpha value is -5.60. The lowest BCUT2D eigenvalue weighted by molar-refractivity contribution is 0.661. The van der Waals surface area contributed by atoms with Crippen LogP contribution in [0.2, 0.25) is 0 Å². The largest absolute Gasteiger partial charge is 0.310 e. The highest BCUT2D eigenvalue weighted by Gasteiger charge is 2.38. The van der Waals surface area contributed by atoms with E-state index in [9.17, 15) is 0 Å². The molecule has 2 heteroatoms. The van der Waals surface area contributed by atoms with E-state index in [-0.39, 0.29) is 5.41 Å². The second kappa shape index (κ2) is 9.70. The van der Waals surface area contributed by atoms with Gasteiger partial charge in [-0.1, -0.05) is 123 Å². The van der Waals surface area contributed by atoms with Gasteiger partial charge in [-0.3, -0.25) is 0 Å². The summed E-state index contributed by atoms with van der Waals surface area (Å²) in [4.78, 5) is 2.48. The van der Waals surface area contributed by atoms with Crippen LogP contribution < -0.4 is 4.90 Å². The molecule has 0 bridgehead atoms. The summed E-state index contributed by atoms with van der Waals surface area (Å²) in [6.45, 7) is 4.74. The molecule has 7 aromatic carbocycles. The zero-order valence-corrected chi connectivity index (χ0v) is 25.4. The average molecular weight is 577 g/mol. The van der Waals surface area contributed by atoms with Crippen molar-refractivity contribution in [2.75, 3.05) is 4.90 Å². The molecule has 0 amide bonds. The summed E-state index contributed by atoms with van der Waals surface area (Å²) >= 11 is 0. The molecule has 1 aliphatic rings. The van der Waals surface area contributed by atoms with Gasteiger partial charge in [-0.15, -0.1) is 0 Å². The van der Waals surface area contributed by atoms with Crippen molar-refractivity contribution in [2.45, 2.75) is 19.3 Å². The van der Waals surface area contributed by atoms with Gasteiger partial charge in [-0.25, -0.2) is 0 Å². The molecule has 0 N–H and O–H groups in total. The first-order valence-electron chi connectivity index (χ1n) is 15.7. The Labute approximate surface area is 263 Å². The van der Waals surface area contributed by atoms with Crippen molar-refractivity contribution in [3.05, 3.63) is 169 Å². The van der Waals surface area contributed by atoms with Gasteiger partial charge in [0.2, 0.25) is 0 Å². The number of anilines is 3. The van der Waals surface area contributed by atoms with Gasteiger partial charge in [-0.2, -0.15) is 0 Å². The third-order valence-corrected chi connectivity index (χ3v) is 9.72. The molecule has 0 spiro atoms. The van der Waals surface area contributed by atoms with Crippen molar-refractivity contribution >= 4 is 49.6 Å². The molecular weight excluding hydrogens is 544 g/mol. The Morgan fingerprint density at radius 3 is 2.04 bits per heavy atom. The number of nitrogens with zero attached hydrogens (tertiary/aromatic N) is 2. The molecular formula is C43H32N2. The summed E-state index contributed by atoms with van der Waals surface area (Å²) in [5.74, 6) is 0. The first-order chi connectivity index (χ1) is 22.1. The van der Waals surface area contributed by atoms with Crippen LogP contribution in [-0.2, 0) is 5.41 Å². The Bertz CT molecular complexity index is 2410. The van der Waals surface area contributed by atoms with Gasteiger partial charge in [0.05, 0.1) is 16.7 Å². The molecule has 2 nitrogen and oxygen atoms in total. The summed E-state index contributed by atoms with van der Waals surface area (Å²) in [7, 11) is 0. The van der Waals surface area contributed by atoms with Gasteiger partial charge in [-0.05, 0) is 81.6 Å². The molecule has 9 rings (SSSR count). The van der Waals surface area contributed by atoms with E-state index in [1.807, 2.05) is 0 Å². The van der Waals surface area contributed by atoms with Crippen molar-refractivity contribution in [3.8, 4) is 16.8 Å². The van der Waals surface area contributed by atoms with Gasteiger partial charge in [0.25, 0.3) is 0 Å². The van der Waals surface area contributed by atoms with E-state index in [2.05, 4.69) is 181 Å². The molecule has 214 valence electrons. The van der Waals surface area contributed by atoms with E-state index in [1.54, 1.807) is 0 Å². The van der Waals surface area contributed by atoms with E-state index in [0.29, 0.717) is 0 Å². The highest BCUT2D eigenvalue weighted by Crippen LogP contribution is 2.54. The van der Waals surface area contributed by atoms with Crippen LogP contribution >= 0.6 is 0 Å². The SMILES string of the molecule is CC1(C)c2ccccc2-c2cccc(N(c3ccc4ccccc4c3)c3ccc4c5ccccc5n(-c5ccccc5)c4c3)c21. The normalized spacial score (nSPS) is 13.3. The summed E-state index contributed by atoms with van der Waals surface area (Å²) in [6, 6.07) is 57.7. The Morgan fingerprint density at radius 2 is 1.16 bits per heavy atom. The van der Waals surface area contributed by atoms with Gasteiger partial charge in [0.1, 0.15) is 0 Å². The van der Waals surface area contributed by atoms with Crippen molar-refractivity contribution < 1.29 is 0 Å². The van der Waals surface area contributed by atoms with E-state index < -0.39 is 0 Å². The number of rotatable bonds is 4. The maximum atomic E-state index is 2.48. The van der Waals surface area contributed by atoms with Crippen LogP contribution in [0.15, 0.2) is 158 Å². The molecule has 0 atom stereocenters. The molecule has 0 aliphatic heterocycles. The molecule has 0 fully saturated rings. The van der Waals surface area contributed by atoms with Crippen molar-refractivity contribution in [1.29, 1.82) is 0 Å². The minimum absolute atomic E-state index is 0.152. The Kier molecular flexibility index (Phi) is 5.58. The number of benzene rings is 7. The number of aromatic nitrogens is 1. The molecule has 45 heavy (non-hydrogen) atoms. The first kappa shape index (κ1) is 25.9. The predicted octanol–water partition coefficient (Wildman–Crippen LogP) is 11.7. The van der Waals surface area contributed by atoms with E-state index in [0.717, 1.165) is 17.1 Å². The molecule has 0 radical (unpaired) electrons. The van der Waals surface area contributed by atoms with Crippen LogP contribution in [0, 0.1) is 0 Å². The summed E-state index contributed by atoms with van der Waals surface area (Å²) < 4.78 is 2.40. The van der Waals surface area contributed by atoms with Gasteiger partial charge >= 0.3 is 0 Å². The Morgan fingerprint density at radius 1 is 0.489 bits per heavy atom. The maximum Gasteiger partial charge on any atom is 0.0561 e. The highest BCUT2D eigenvalue weighted by atomic mass is 15.1. The van der Waals surface area contributed by atoms with Gasteiger partial charge < -0.3 is 9.47 Å². The lowest BCUT2D eigenvalue weighted by Gasteiger charge is -2.32. The molecule has 8 aromatic rings. The fraction of sp³-hybridized carbons (Fsp3) is 0.0698. The fourth-order valence-corrected chi connectivity index (χ4v) is 7.70. The third kappa shape index (κ3) is 3.82. The van der Waals surface area contributed by atoms with Crippen molar-refractivity contribution in [3.63, 3.8) is 0 Å². The predicted molar refractivity (Wildman–Crippen MR) is 191 cm³/mol. The van der Waals surface area contributed by atoms with Gasteiger partial charge in [0, 0.05) is 33.2 Å². The highest BCUT2D eigenvalue weighted by molar-refractivity contribution is 6.10. The number of hydrogen-bond donors (Lipinski definition) is 0. The van der Waals surface area contributed by atoms with Crippen molar-refractivity contribution in [1.82, 2.24) is 4.57 Å². The summed E-state index contributed by atoms with van der Waals surface area (Å²) in [6.07, 6.45) is 0. The lowest BCUT2D eigenvalue weighted by Crippen LogP contribution is -2.20. The minimum atomic E-state index is -0.152. The number of para-hydroxylation sites is 2. The zero-order chi connectivity index (χ0) is 30.1. The second-order valence-electron chi connectivity index (χ2n) is 12.6. The van der Waals surface area contributed by atoms with E-state index in [1.165, 1.54) is 60.5 Å². The summed E-state index contributed by atoms with van der Waals surface area (Å²) in [5, 5.41) is 4.99. The van der Waals surface area contributed by atoms with Gasteiger partial charge in [0.15, 0.2) is 0 Å². The fourth-order valence-electron chi connectivity index (χ4n) is 7.70. The number of fused-ring (bicyclic) bond motifs is 7. The van der Waals surface area contributed by atoms with Crippen molar-refractivity contribution in [2.24, 2.45) is 0 Å². The monoisotopic (exact) mass is 576 g/mol. The smallest absolute Gasteiger partial charge is 0.0561 e. The molecule has 1 aliphatic carbocycles. The molecule has 1 heterocycles. The first-order valence-corrected chi connectivity index (χ1v) is 15.7. The van der Waals surface area contributed by atoms with Crippen LogP contribution in [0.1, 0.15) is 25.0 Å². The maximum absolute atomic E-state index is 2.48. The standard InChI is InChI=1S/C43H32N2/c1-43(2)38-20-10-8-17-34(38)37-19-12-22-40(42(37)43)44(32-24-23-29-13-6-7-14-30(29)27-32)33-25-26-36-35-18-9-11-21-39(35)45(41(36)28-33)31-15-4-3-5-16-31/h3-28H,1-2H3. The quantitative estimate of drug-likeness (QED) is 0.202. The Balaban J connectivity index is 1.35. The number of hydrogen-bond acceptors (Lipinski definition) is 1. The third-order valence-electron chi connectivity index (χ3n) is 9.72. The minimum Gasteiger partial charge on any atom is -0.310 e. The van der Waals surface area contributed by atoms with Crippen LogP contribution in [-0.4, -0.2) is 4.57 Å². The molecule has 0 saturated heterocycles. The second-order valence-corrected chi connectivity index (χ2v) is 12.6. The summed E-state index contributed by atoms with van der Waals surface area (Å²) in [5.41, 5.74) is 12.3. The average Bonchev–Trinajstić information content (AvgIpc) is 3.54. The molecule has 1 aromatic heterocycles. The van der Waals surface area contributed by atoms with Crippen LogP contribution in [0.5, 0.6) is 0 Å². The molecule has 0 saturated carbocycles. The van der Waals surface area contributed by atoms with E-state index >= 15 is 0 Å². The van der Waals surface area contributed by atoms with Crippen LogP contribution in [0.25, 0.3) is 49.4 Å². The lowest BCUT2D eigenvalue weighted by atomic mass is 9.81. The van der Waals surface area contributed by atoms with Crippen LogP contribution in [0.4, 0.5) is 17.1 Å². The van der Waals surface area contributed by atoms with Crippen LogP contribution in [0.3, 0.4) is 0 Å². The topological polar surface area (TPSA) is 8.17 Å².